The molecule has 0 heterocycles. The van der Waals surface area contributed by atoms with E-state index in [-0.39, 0.29) is 0 Å². The van der Waals surface area contributed by atoms with Gasteiger partial charge in [-0.25, -0.2) is 0 Å². The van der Waals surface area contributed by atoms with Gasteiger partial charge in [0.1, 0.15) is 0 Å². The second-order valence-electron chi connectivity index (χ2n) is 6.45. The Labute approximate surface area is 151 Å². The molecule has 0 bridgehead atoms. The molecule has 138 valence electrons. The summed E-state index contributed by atoms with van der Waals surface area (Å²) in [6.45, 7) is 21.5. The number of hydrogen-bond acceptors (Lipinski definition) is 2. The highest BCUT2D eigenvalue weighted by atomic mass is 15.3. The highest BCUT2D eigenvalue weighted by Gasteiger charge is 2.21. The number of hydrogen-bond donors (Lipinski definition) is 0. The Balaban J connectivity index is 4.63. The molecule has 0 atom stereocenters. The van der Waals surface area contributed by atoms with Gasteiger partial charge in [0.15, 0.2) is 0 Å². The Kier molecular flexibility index (Phi) is 15.9. The van der Waals surface area contributed by atoms with Gasteiger partial charge in [0.25, 0.3) is 0 Å². The lowest BCUT2D eigenvalue weighted by Crippen LogP contribution is -2.48. The van der Waals surface area contributed by atoms with Crippen LogP contribution in [0.4, 0.5) is 0 Å². The summed E-state index contributed by atoms with van der Waals surface area (Å²) in [6.07, 6.45) is 18.9. The van der Waals surface area contributed by atoms with Gasteiger partial charge >= 0.3 is 0 Å². The fourth-order valence-electron chi connectivity index (χ4n) is 3.18. The maximum absolute atomic E-state index is 3.92. The third kappa shape index (κ3) is 10.6. The van der Waals surface area contributed by atoms with Crippen LogP contribution < -0.4 is 0 Å². The zero-order valence-corrected chi connectivity index (χ0v) is 16.1. The lowest BCUT2D eigenvalue weighted by molar-refractivity contribution is 0.0676. The van der Waals surface area contributed by atoms with Crippen molar-refractivity contribution >= 4 is 0 Å². The highest BCUT2D eigenvalue weighted by molar-refractivity contribution is 4.89. The molecule has 0 aliphatic carbocycles. The van der Waals surface area contributed by atoms with E-state index in [4.69, 9.17) is 0 Å². The average molecular weight is 333 g/mol. The molecule has 0 aromatic rings. The van der Waals surface area contributed by atoms with Crippen molar-refractivity contribution in [3.8, 4) is 0 Å². The maximum Gasteiger partial charge on any atom is 0.0633 e. The molecule has 24 heavy (non-hydrogen) atoms. The number of rotatable bonds is 18. The minimum Gasteiger partial charge on any atom is -0.280 e. The molecule has 0 N–H and O–H groups in total. The monoisotopic (exact) mass is 332 g/mol. The zero-order chi connectivity index (χ0) is 18.0. The van der Waals surface area contributed by atoms with Crippen molar-refractivity contribution in [3.63, 3.8) is 0 Å². The van der Waals surface area contributed by atoms with E-state index in [0.717, 1.165) is 26.2 Å². The summed E-state index contributed by atoms with van der Waals surface area (Å²) in [5, 5.41) is 0. The predicted molar refractivity (Wildman–Crippen MR) is 110 cm³/mol. The van der Waals surface area contributed by atoms with Crippen LogP contribution in [0.2, 0.25) is 0 Å². The van der Waals surface area contributed by atoms with E-state index in [1.807, 2.05) is 24.3 Å². The number of nitrogens with zero attached hydrogens (tertiary/aromatic N) is 2. The summed E-state index contributed by atoms with van der Waals surface area (Å²) in [5.74, 6) is 0. The molecule has 2 heteroatoms. The molecule has 0 saturated carbocycles. The molecule has 0 saturated heterocycles. The first-order valence-electron chi connectivity index (χ1n) is 9.66. The van der Waals surface area contributed by atoms with Gasteiger partial charge in [-0.3, -0.25) is 9.80 Å². The molecule has 0 spiro atoms. The molecule has 2 nitrogen and oxygen atoms in total. The lowest BCUT2D eigenvalue weighted by atomic mass is 10.1. The molecule has 0 aromatic carbocycles. The van der Waals surface area contributed by atoms with E-state index in [0.29, 0.717) is 6.17 Å². The van der Waals surface area contributed by atoms with Gasteiger partial charge in [0.2, 0.25) is 0 Å². The third-order valence-corrected chi connectivity index (χ3v) is 4.36. The molecule has 0 rings (SSSR count). The summed E-state index contributed by atoms with van der Waals surface area (Å²) in [6, 6.07) is 0. The van der Waals surface area contributed by atoms with Crippen molar-refractivity contribution in [2.45, 2.75) is 64.5 Å². The van der Waals surface area contributed by atoms with Gasteiger partial charge in [-0.2, -0.15) is 0 Å². The van der Waals surface area contributed by atoms with Gasteiger partial charge in [-0.1, -0.05) is 76.2 Å². The fourth-order valence-corrected chi connectivity index (χ4v) is 3.18. The van der Waals surface area contributed by atoms with Crippen LogP contribution in [0.1, 0.15) is 58.3 Å². The SMILES string of the molecule is C=CCN(CC=C)C(CCCCCCCCC)N(CC=C)CC=C. The van der Waals surface area contributed by atoms with E-state index in [1.54, 1.807) is 0 Å². The highest BCUT2D eigenvalue weighted by Crippen LogP contribution is 2.17. The Bertz CT molecular complexity index is 291. The standard InChI is InChI=1S/C22H40N2/c1-6-11-12-13-14-15-16-17-22(23(18-7-2)19-8-3)24(20-9-4)21-10-5/h7-10,22H,2-6,11-21H2,1H3. The second kappa shape index (κ2) is 16.7. The summed E-state index contributed by atoms with van der Waals surface area (Å²) >= 11 is 0. The first-order chi connectivity index (χ1) is 11.7. The van der Waals surface area contributed by atoms with Crippen LogP contribution in [0, 0.1) is 0 Å². The van der Waals surface area contributed by atoms with E-state index < -0.39 is 0 Å². The Morgan fingerprint density at radius 2 is 1.00 bits per heavy atom. The summed E-state index contributed by atoms with van der Waals surface area (Å²) in [5.41, 5.74) is 0. The minimum atomic E-state index is 0.396. The molecular formula is C22H40N2. The summed E-state index contributed by atoms with van der Waals surface area (Å²) in [7, 11) is 0. The molecular weight excluding hydrogens is 292 g/mol. The van der Waals surface area contributed by atoms with Crippen LogP contribution in [0.25, 0.3) is 0 Å². The maximum atomic E-state index is 3.92. The van der Waals surface area contributed by atoms with Crippen LogP contribution in [-0.4, -0.2) is 42.1 Å². The predicted octanol–water partition coefficient (Wildman–Crippen LogP) is 5.80. The lowest BCUT2D eigenvalue weighted by Gasteiger charge is -2.38. The minimum absolute atomic E-state index is 0.396. The second-order valence-corrected chi connectivity index (χ2v) is 6.45. The first-order valence-corrected chi connectivity index (χ1v) is 9.66. The fraction of sp³-hybridized carbons (Fsp3) is 0.636. The van der Waals surface area contributed by atoms with Gasteiger partial charge in [-0.05, 0) is 6.42 Å². The van der Waals surface area contributed by atoms with Crippen LogP contribution in [0.5, 0.6) is 0 Å². The van der Waals surface area contributed by atoms with Gasteiger partial charge in [0, 0.05) is 26.2 Å². The van der Waals surface area contributed by atoms with Crippen LogP contribution in [0.15, 0.2) is 50.6 Å². The topological polar surface area (TPSA) is 6.48 Å². The molecule has 0 aliphatic rings. The summed E-state index contributed by atoms with van der Waals surface area (Å²) < 4.78 is 0. The zero-order valence-electron chi connectivity index (χ0n) is 16.1. The Morgan fingerprint density at radius 3 is 1.38 bits per heavy atom. The van der Waals surface area contributed by atoms with Crippen LogP contribution >= 0.6 is 0 Å². The van der Waals surface area contributed by atoms with Crippen LogP contribution in [0.3, 0.4) is 0 Å². The molecule has 0 radical (unpaired) electrons. The van der Waals surface area contributed by atoms with Crippen molar-refractivity contribution in [2.24, 2.45) is 0 Å². The molecule has 0 amide bonds. The smallest absolute Gasteiger partial charge is 0.0633 e. The van der Waals surface area contributed by atoms with Crippen molar-refractivity contribution in [1.29, 1.82) is 0 Å². The van der Waals surface area contributed by atoms with Crippen molar-refractivity contribution in [1.82, 2.24) is 9.80 Å². The van der Waals surface area contributed by atoms with Crippen molar-refractivity contribution < 1.29 is 0 Å². The Hall–Kier alpha value is -1.12. The molecule has 0 unspecified atom stereocenters. The summed E-state index contributed by atoms with van der Waals surface area (Å²) in [4.78, 5) is 4.90. The number of unbranched alkanes of at least 4 members (excludes halogenated alkanes) is 6. The average Bonchev–Trinajstić information content (AvgIpc) is 2.57. The van der Waals surface area contributed by atoms with Crippen LogP contribution in [-0.2, 0) is 0 Å². The van der Waals surface area contributed by atoms with E-state index in [9.17, 15) is 0 Å². The van der Waals surface area contributed by atoms with Crippen molar-refractivity contribution in [3.05, 3.63) is 50.6 Å². The molecule has 0 aliphatic heterocycles. The molecule has 0 aromatic heterocycles. The third-order valence-electron chi connectivity index (χ3n) is 4.36. The largest absolute Gasteiger partial charge is 0.280 e. The Morgan fingerprint density at radius 1 is 0.625 bits per heavy atom. The van der Waals surface area contributed by atoms with Gasteiger partial charge < -0.3 is 0 Å². The van der Waals surface area contributed by atoms with E-state index >= 15 is 0 Å². The molecule has 0 fully saturated rings. The normalized spacial score (nSPS) is 11.2. The van der Waals surface area contributed by atoms with E-state index in [1.165, 1.54) is 51.4 Å². The quantitative estimate of drug-likeness (QED) is 0.178. The van der Waals surface area contributed by atoms with Crippen molar-refractivity contribution in [2.75, 3.05) is 26.2 Å². The van der Waals surface area contributed by atoms with Gasteiger partial charge in [0.05, 0.1) is 6.17 Å². The van der Waals surface area contributed by atoms with Gasteiger partial charge in [-0.15, -0.1) is 26.3 Å². The van der Waals surface area contributed by atoms with E-state index in [2.05, 4.69) is 43.0 Å². The first kappa shape index (κ1) is 22.9.